The number of nitrogens with one attached hydrogen (secondary N) is 2. The molecule has 0 saturated heterocycles. The highest BCUT2D eigenvalue weighted by Crippen LogP contribution is 2.15. The molecule has 0 amide bonds. The van der Waals surface area contributed by atoms with E-state index in [4.69, 9.17) is 0 Å². The topological polar surface area (TPSA) is 61.4 Å². The Morgan fingerprint density at radius 2 is 2.00 bits per heavy atom. The summed E-state index contributed by atoms with van der Waals surface area (Å²) in [5.74, 6) is -0.757. The van der Waals surface area contributed by atoms with Crippen molar-refractivity contribution in [1.82, 2.24) is 15.2 Å². The maximum atomic E-state index is 13.7. The van der Waals surface area contributed by atoms with Gasteiger partial charge in [-0.25, -0.2) is 17.8 Å². The van der Waals surface area contributed by atoms with Crippen molar-refractivity contribution in [3.05, 3.63) is 29.6 Å². The van der Waals surface area contributed by atoms with Gasteiger partial charge in [0.2, 0.25) is 0 Å². The first kappa shape index (κ1) is 14.0. The molecule has 7 heteroatoms. The summed E-state index contributed by atoms with van der Waals surface area (Å²) in [7, 11) is 0.928. The van der Waals surface area contributed by atoms with Crippen LogP contribution >= 0.6 is 0 Å². The Balaban J connectivity index is 3.07. The molecular weight excluding hydrogens is 245 g/mol. The van der Waals surface area contributed by atoms with Gasteiger partial charge in [0.1, 0.15) is 10.7 Å². The zero-order chi connectivity index (χ0) is 13.1. The van der Waals surface area contributed by atoms with Crippen LogP contribution in [0, 0.1) is 5.82 Å². The van der Waals surface area contributed by atoms with Crippen LogP contribution in [0.4, 0.5) is 4.39 Å². The van der Waals surface area contributed by atoms with Gasteiger partial charge >= 0.3 is 0 Å². The second-order valence-electron chi connectivity index (χ2n) is 3.78. The van der Waals surface area contributed by atoms with Gasteiger partial charge in [0.15, 0.2) is 0 Å². The van der Waals surface area contributed by atoms with Crippen LogP contribution in [0.3, 0.4) is 0 Å². The highest BCUT2D eigenvalue weighted by Gasteiger charge is 2.19. The lowest BCUT2D eigenvalue weighted by Gasteiger charge is -2.13. The van der Waals surface area contributed by atoms with Gasteiger partial charge in [-0.15, -0.1) is 4.83 Å². The fourth-order valence-corrected chi connectivity index (χ4v) is 2.51. The van der Waals surface area contributed by atoms with E-state index in [1.165, 1.54) is 31.2 Å². The summed E-state index contributed by atoms with van der Waals surface area (Å²) in [5.41, 5.74) is 0.689. The number of sulfonamides is 1. The largest absolute Gasteiger partial charge is 0.316 e. The van der Waals surface area contributed by atoms with Gasteiger partial charge in [-0.05, 0) is 24.7 Å². The highest BCUT2D eigenvalue weighted by atomic mass is 32.2. The van der Waals surface area contributed by atoms with E-state index < -0.39 is 15.8 Å². The Morgan fingerprint density at radius 3 is 2.47 bits per heavy atom. The molecule has 1 aromatic rings. The van der Waals surface area contributed by atoms with E-state index in [-0.39, 0.29) is 4.90 Å². The summed E-state index contributed by atoms with van der Waals surface area (Å²) in [4.78, 5) is 1.82. The molecular formula is C10H16FN3O2S. The maximum absolute atomic E-state index is 13.7. The van der Waals surface area contributed by atoms with Gasteiger partial charge in [0.25, 0.3) is 10.0 Å². The molecule has 0 fully saturated rings. The molecule has 96 valence electrons. The van der Waals surface area contributed by atoms with Gasteiger partial charge in [-0.2, -0.15) is 0 Å². The summed E-state index contributed by atoms with van der Waals surface area (Å²) in [6.07, 6.45) is 0. The normalized spacial score (nSPS) is 12.1. The summed E-state index contributed by atoms with van der Waals surface area (Å²) < 4.78 is 37.1. The average Bonchev–Trinajstić information content (AvgIpc) is 2.15. The molecule has 1 rings (SSSR count). The summed E-state index contributed by atoms with van der Waals surface area (Å²) in [6, 6.07) is 4.04. The Kier molecular flexibility index (Phi) is 4.58. The first-order valence-corrected chi connectivity index (χ1v) is 6.48. The van der Waals surface area contributed by atoms with Crippen LogP contribution in [0.5, 0.6) is 0 Å². The molecule has 0 spiro atoms. The van der Waals surface area contributed by atoms with Crippen molar-refractivity contribution in [2.75, 3.05) is 21.1 Å². The first-order valence-electron chi connectivity index (χ1n) is 4.99. The second-order valence-corrected chi connectivity index (χ2v) is 5.41. The predicted molar refractivity (Wildman–Crippen MR) is 63.2 cm³/mol. The maximum Gasteiger partial charge on any atom is 0.256 e. The van der Waals surface area contributed by atoms with E-state index in [2.05, 4.69) is 10.1 Å². The molecule has 0 atom stereocenters. The lowest BCUT2D eigenvalue weighted by atomic mass is 10.2. The van der Waals surface area contributed by atoms with E-state index in [1.807, 2.05) is 0 Å². The number of hydrogen-bond acceptors (Lipinski definition) is 4. The monoisotopic (exact) mass is 261 g/mol. The fraction of sp³-hybridized carbons (Fsp3) is 0.400. The highest BCUT2D eigenvalue weighted by molar-refractivity contribution is 7.89. The van der Waals surface area contributed by atoms with Crippen molar-refractivity contribution in [2.24, 2.45) is 0 Å². The quantitative estimate of drug-likeness (QED) is 0.748. The van der Waals surface area contributed by atoms with Crippen molar-refractivity contribution >= 4 is 10.0 Å². The third-order valence-electron chi connectivity index (χ3n) is 1.97. The smallest absolute Gasteiger partial charge is 0.256 e. The average molecular weight is 261 g/mol. The number of benzene rings is 1. The van der Waals surface area contributed by atoms with Crippen LogP contribution in [-0.4, -0.2) is 34.6 Å². The molecule has 0 aliphatic heterocycles. The zero-order valence-corrected chi connectivity index (χ0v) is 10.8. The van der Waals surface area contributed by atoms with Crippen LogP contribution in [0.1, 0.15) is 5.56 Å². The molecule has 0 heterocycles. The van der Waals surface area contributed by atoms with E-state index in [0.29, 0.717) is 12.1 Å². The molecule has 0 aliphatic carbocycles. The SMILES string of the molecule is CNCc1ccc(S(=O)(=O)NN(C)C)c(F)c1. The molecule has 1 aromatic carbocycles. The molecule has 17 heavy (non-hydrogen) atoms. The molecule has 0 saturated carbocycles. The van der Waals surface area contributed by atoms with Crippen LogP contribution in [0.25, 0.3) is 0 Å². The van der Waals surface area contributed by atoms with Gasteiger partial charge in [0.05, 0.1) is 0 Å². The molecule has 0 bridgehead atoms. The Bertz CT molecular complexity index is 488. The van der Waals surface area contributed by atoms with Crippen LogP contribution in [0.15, 0.2) is 23.1 Å². The third kappa shape index (κ3) is 3.74. The number of hydrazine groups is 1. The van der Waals surface area contributed by atoms with Crippen LogP contribution < -0.4 is 10.1 Å². The van der Waals surface area contributed by atoms with Crippen molar-refractivity contribution in [3.8, 4) is 0 Å². The second kappa shape index (κ2) is 5.54. The third-order valence-corrected chi connectivity index (χ3v) is 3.49. The number of halogens is 1. The number of nitrogens with zero attached hydrogens (tertiary/aromatic N) is 1. The van der Waals surface area contributed by atoms with E-state index >= 15 is 0 Å². The van der Waals surface area contributed by atoms with Crippen molar-refractivity contribution in [1.29, 1.82) is 0 Å². The van der Waals surface area contributed by atoms with Gasteiger partial charge in [0, 0.05) is 20.6 Å². The standard InChI is InChI=1S/C10H16FN3O2S/c1-12-7-8-4-5-10(9(11)6-8)17(15,16)13-14(2)3/h4-6,12-13H,7H2,1-3H3. The van der Waals surface area contributed by atoms with E-state index in [0.717, 1.165) is 0 Å². The van der Waals surface area contributed by atoms with Gasteiger partial charge in [-0.3, -0.25) is 0 Å². The predicted octanol–water partition coefficient (Wildman–Crippen LogP) is 0.300. The van der Waals surface area contributed by atoms with Crippen molar-refractivity contribution in [3.63, 3.8) is 0 Å². The molecule has 0 radical (unpaired) electrons. The summed E-state index contributed by atoms with van der Waals surface area (Å²) in [5, 5.41) is 4.11. The van der Waals surface area contributed by atoms with E-state index in [9.17, 15) is 12.8 Å². The fourth-order valence-electron chi connectivity index (χ4n) is 1.37. The Labute approximate surface area is 101 Å². The lowest BCUT2D eigenvalue weighted by molar-refractivity contribution is 0.363. The van der Waals surface area contributed by atoms with Crippen molar-refractivity contribution in [2.45, 2.75) is 11.4 Å². The molecule has 2 N–H and O–H groups in total. The minimum atomic E-state index is -3.84. The first-order chi connectivity index (χ1) is 7.86. The van der Waals surface area contributed by atoms with Crippen molar-refractivity contribution < 1.29 is 12.8 Å². The van der Waals surface area contributed by atoms with Gasteiger partial charge < -0.3 is 5.32 Å². The Hall–Kier alpha value is -1.02. The lowest BCUT2D eigenvalue weighted by Crippen LogP contribution is -2.36. The number of hydrogen-bond donors (Lipinski definition) is 2. The summed E-state index contributed by atoms with van der Waals surface area (Å²) >= 11 is 0. The molecule has 0 aromatic heterocycles. The number of rotatable bonds is 5. The summed E-state index contributed by atoms with van der Waals surface area (Å²) in [6.45, 7) is 0.484. The molecule has 5 nitrogen and oxygen atoms in total. The minimum Gasteiger partial charge on any atom is -0.316 e. The van der Waals surface area contributed by atoms with E-state index in [1.54, 1.807) is 13.1 Å². The molecule has 0 aliphatic rings. The van der Waals surface area contributed by atoms with Crippen LogP contribution in [0.2, 0.25) is 0 Å². The van der Waals surface area contributed by atoms with Crippen LogP contribution in [-0.2, 0) is 16.6 Å². The minimum absolute atomic E-state index is 0.356. The zero-order valence-electron chi connectivity index (χ0n) is 9.99. The molecule has 0 unspecified atom stereocenters. The Morgan fingerprint density at radius 1 is 1.35 bits per heavy atom. The van der Waals surface area contributed by atoms with Gasteiger partial charge in [-0.1, -0.05) is 6.07 Å².